The summed E-state index contributed by atoms with van der Waals surface area (Å²) in [5, 5.41) is 11.4. The molecule has 1 amide bonds. The van der Waals surface area contributed by atoms with Crippen LogP contribution in [0.3, 0.4) is 0 Å². The van der Waals surface area contributed by atoms with E-state index in [1.54, 1.807) is 12.1 Å². The first-order valence-electron chi connectivity index (χ1n) is 6.43. The number of rotatable bonds is 8. The van der Waals surface area contributed by atoms with Gasteiger partial charge in [0.2, 0.25) is 0 Å². The summed E-state index contributed by atoms with van der Waals surface area (Å²) in [6.07, 6.45) is 4.54. The van der Waals surface area contributed by atoms with Crippen LogP contribution in [-0.4, -0.2) is 49.1 Å². The van der Waals surface area contributed by atoms with Gasteiger partial charge in [-0.3, -0.25) is 4.79 Å². The second-order valence-corrected chi connectivity index (χ2v) is 5.76. The summed E-state index contributed by atoms with van der Waals surface area (Å²) in [7, 11) is 4.05. The Balaban J connectivity index is 2.35. The number of thiophene rings is 1. The number of carboxylic acids is 1. The molecule has 0 saturated carbocycles. The number of hydrogen-bond acceptors (Lipinski definition) is 4. The Morgan fingerprint density at radius 2 is 2.10 bits per heavy atom. The molecule has 0 unspecified atom stereocenters. The molecule has 0 spiro atoms. The molecule has 6 heteroatoms. The number of amides is 1. The summed E-state index contributed by atoms with van der Waals surface area (Å²) >= 11 is 1.28. The number of unbranched alkanes of at least 4 members (excludes halogenated alkanes) is 1. The third-order valence-electron chi connectivity index (χ3n) is 2.56. The number of carbonyl (C=O) groups excluding carboxylic acids is 1. The van der Waals surface area contributed by atoms with E-state index < -0.39 is 5.97 Å². The van der Waals surface area contributed by atoms with Gasteiger partial charge in [-0.1, -0.05) is 0 Å². The van der Waals surface area contributed by atoms with Gasteiger partial charge < -0.3 is 15.3 Å². The van der Waals surface area contributed by atoms with Gasteiger partial charge in [-0.05, 0) is 51.7 Å². The van der Waals surface area contributed by atoms with E-state index in [1.165, 1.54) is 17.4 Å². The normalized spacial score (nSPS) is 11.2. The van der Waals surface area contributed by atoms with E-state index in [0.29, 0.717) is 11.4 Å². The zero-order valence-corrected chi connectivity index (χ0v) is 12.6. The fourth-order valence-electron chi connectivity index (χ4n) is 1.56. The predicted molar refractivity (Wildman–Crippen MR) is 81.1 cm³/mol. The zero-order chi connectivity index (χ0) is 15.0. The Hall–Kier alpha value is -1.66. The number of nitrogens with zero attached hydrogens (tertiary/aromatic N) is 1. The van der Waals surface area contributed by atoms with Gasteiger partial charge in [0.05, 0.1) is 4.88 Å². The molecule has 1 heterocycles. The summed E-state index contributed by atoms with van der Waals surface area (Å²) in [5.74, 6) is -1.10. The smallest absolute Gasteiger partial charge is 0.328 e. The van der Waals surface area contributed by atoms with E-state index in [0.717, 1.165) is 30.3 Å². The van der Waals surface area contributed by atoms with E-state index >= 15 is 0 Å². The van der Waals surface area contributed by atoms with Gasteiger partial charge >= 0.3 is 5.97 Å². The van der Waals surface area contributed by atoms with Crippen LogP contribution in [0.25, 0.3) is 6.08 Å². The summed E-state index contributed by atoms with van der Waals surface area (Å²) in [5.41, 5.74) is 0. The molecule has 1 aromatic heterocycles. The van der Waals surface area contributed by atoms with Crippen LogP contribution in [-0.2, 0) is 4.79 Å². The van der Waals surface area contributed by atoms with Crippen LogP contribution in [0.15, 0.2) is 18.2 Å². The largest absolute Gasteiger partial charge is 0.478 e. The summed E-state index contributed by atoms with van der Waals surface area (Å²) in [6.45, 7) is 1.67. The van der Waals surface area contributed by atoms with E-state index in [2.05, 4.69) is 10.2 Å². The van der Waals surface area contributed by atoms with Crippen LogP contribution in [0.4, 0.5) is 0 Å². The van der Waals surface area contributed by atoms with E-state index in [9.17, 15) is 9.59 Å². The van der Waals surface area contributed by atoms with Crippen molar-refractivity contribution in [1.82, 2.24) is 10.2 Å². The first-order valence-corrected chi connectivity index (χ1v) is 7.24. The summed E-state index contributed by atoms with van der Waals surface area (Å²) in [4.78, 5) is 25.7. The van der Waals surface area contributed by atoms with E-state index in [4.69, 9.17) is 5.11 Å². The molecule has 0 aliphatic rings. The van der Waals surface area contributed by atoms with Gasteiger partial charge in [0.1, 0.15) is 0 Å². The van der Waals surface area contributed by atoms with Crippen molar-refractivity contribution in [2.75, 3.05) is 27.2 Å². The number of hydrogen-bond donors (Lipinski definition) is 2. The molecule has 0 saturated heterocycles. The van der Waals surface area contributed by atoms with Crippen molar-refractivity contribution < 1.29 is 14.7 Å². The average Bonchev–Trinajstić information content (AvgIpc) is 2.84. The molecule has 0 aliphatic carbocycles. The van der Waals surface area contributed by atoms with Crippen molar-refractivity contribution >= 4 is 29.3 Å². The molecule has 110 valence electrons. The molecule has 5 nitrogen and oxygen atoms in total. The van der Waals surface area contributed by atoms with Crippen LogP contribution in [0, 0.1) is 0 Å². The van der Waals surface area contributed by atoms with Gasteiger partial charge in [0.15, 0.2) is 0 Å². The SMILES string of the molecule is CN(C)CCCCNC(=O)c1ccc(C=CC(=O)O)s1. The van der Waals surface area contributed by atoms with Crippen molar-refractivity contribution in [2.45, 2.75) is 12.8 Å². The molecule has 0 aliphatic heterocycles. The highest BCUT2D eigenvalue weighted by Gasteiger charge is 2.07. The minimum atomic E-state index is -0.995. The molecule has 1 aromatic rings. The lowest BCUT2D eigenvalue weighted by atomic mass is 10.3. The minimum Gasteiger partial charge on any atom is -0.478 e. The van der Waals surface area contributed by atoms with Crippen molar-refractivity contribution in [2.24, 2.45) is 0 Å². The number of nitrogens with one attached hydrogen (secondary N) is 1. The molecule has 2 N–H and O–H groups in total. The van der Waals surface area contributed by atoms with Crippen molar-refractivity contribution in [3.05, 3.63) is 28.0 Å². The van der Waals surface area contributed by atoms with Crippen molar-refractivity contribution in [3.63, 3.8) is 0 Å². The quantitative estimate of drug-likeness (QED) is 0.568. The lowest BCUT2D eigenvalue weighted by Crippen LogP contribution is -2.24. The first-order chi connectivity index (χ1) is 9.49. The molecular formula is C14H20N2O3S. The van der Waals surface area contributed by atoms with Crippen LogP contribution >= 0.6 is 11.3 Å². The average molecular weight is 296 g/mol. The van der Waals surface area contributed by atoms with Gasteiger partial charge in [0, 0.05) is 17.5 Å². The lowest BCUT2D eigenvalue weighted by Gasteiger charge is -2.08. The highest BCUT2D eigenvalue weighted by atomic mass is 32.1. The Bertz CT molecular complexity index is 481. The highest BCUT2D eigenvalue weighted by molar-refractivity contribution is 7.14. The van der Waals surface area contributed by atoms with Crippen LogP contribution in [0.5, 0.6) is 0 Å². The maximum absolute atomic E-state index is 11.8. The fraction of sp³-hybridized carbons (Fsp3) is 0.429. The Morgan fingerprint density at radius 3 is 2.75 bits per heavy atom. The molecule has 0 radical (unpaired) electrons. The third-order valence-corrected chi connectivity index (χ3v) is 3.61. The van der Waals surface area contributed by atoms with Crippen molar-refractivity contribution in [3.8, 4) is 0 Å². The van der Waals surface area contributed by atoms with E-state index in [-0.39, 0.29) is 5.91 Å². The fourth-order valence-corrected chi connectivity index (χ4v) is 2.39. The van der Waals surface area contributed by atoms with Crippen LogP contribution in [0.1, 0.15) is 27.4 Å². The van der Waals surface area contributed by atoms with E-state index in [1.807, 2.05) is 14.1 Å². The zero-order valence-electron chi connectivity index (χ0n) is 11.8. The van der Waals surface area contributed by atoms with Crippen molar-refractivity contribution in [1.29, 1.82) is 0 Å². The number of carbonyl (C=O) groups is 2. The van der Waals surface area contributed by atoms with Crippen LogP contribution in [0.2, 0.25) is 0 Å². The predicted octanol–water partition coefficient (Wildman–Crippen LogP) is 1.92. The monoisotopic (exact) mass is 296 g/mol. The molecule has 0 fully saturated rings. The van der Waals surface area contributed by atoms with Gasteiger partial charge in [-0.2, -0.15) is 0 Å². The third kappa shape index (κ3) is 6.49. The summed E-state index contributed by atoms with van der Waals surface area (Å²) < 4.78 is 0. The molecule has 0 aromatic carbocycles. The number of aliphatic carboxylic acids is 1. The molecular weight excluding hydrogens is 276 g/mol. The second-order valence-electron chi connectivity index (χ2n) is 4.64. The second kappa shape index (κ2) is 8.50. The van der Waals surface area contributed by atoms with Crippen LogP contribution < -0.4 is 5.32 Å². The Kier molecular flexibility index (Phi) is 6.97. The minimum absolute atomic E-state index is 0.102. The number of carboxylic acid groups (broad SMARTS) is 1. The standard InChI is InChI=1S/C14H20N2O3S/c1-16(2)10-4-3-9-15-14(19)12-7-5-11(20-12)6-8-13(17)18/h5-8H,3-4,9-10H2,1-2H3,(H,15,19)(H,17,18). The maximum atomic E-state index is 11.8. The Morgan fingerprint density at radius 1 is 1.35 bits per heavy atom. The molecule has 20 heavy (non-hydrogen) atoms. The van der Waals surface area contributed by atoms with Gasteiger partial charge in [-0.15, -0.1) is 11.3 Å². The molecule has 0 atom stereocenters. The molecule has 0 bridgehead atoms. The Labute approximate surface area is 122 Å². The maximum Gasteiger partial charge on any atom is 0.328 e. The summed E-state index contributed by atoms with van der Waals surface area (Å²) in [6, 6.07) is 3.45. The molecule has 1 rings (SSSR count). The highest BCUT2D eigenvalue weighted by Crippen LogP contribution is 2.17. The first kappa shape index (κ1) is 16.4. The topological polar surface area (TPSA) is 69.6 Å². The van der Waals surface area contributed by atoms with Gasteiger partial charge in [-0.25, -0.2) is 4.79 Å². The van der Waals surface area contributed by atoms with Gasteiger partial charge in [0.25, 0.3) is 5.91 Å². The lowest BCUT2D eigenvalue weighted by molar-refractivity contribution is -0.131.